The summed E-state index contributed by atoms with van der Waals surface area (Å²) < 4.78 is 4.50. The van der Waals surface area contributed by atoms with Crippen molar-refractivity contribution in [3.63, 3.8) is 0 Å². The molecule has 0 N–H and O–H groups in total. The average Bonchev–Trinajstić information content (AvgIpc) is 3.76. The van der Waals surface area contributed by atoms with Gasteiger partial charge in [0, 0.05) is 44.3 Å². The average molecular weight is 702 g/mol. The molecule has 0 fully saturated rings. The summed E-state index contributed by atoms with van der Waals surface area (Å²) in [6.07, 6.45) is 0. The van der Waals surface area contributed by atoms with Crippen LogP contribution in [0.25, 0.3) is 71.0 Å². The maximum absolute atomic E-state index is 10.3. The number of hydrogen-bond acceptors (Lipinski definition) is 2. The summed E-state index contributed by atoms with van der Waals surface area (Å²) in [4.78, 5) is 5.87. The predicted molar refractivity (Wildman–Crippen MR) is 226 cm³/mol. The summed E-state index contributed by atoms with van der Waals surface area (Å²) in [6, 6.07) is 67.6. The van der Waals surface area contributed by atoms with Crippen molar-refractivity contribution in [3.8, 4) is 28.6 Å². The number of para-hydroxylation sites is 4. The predicted octanol–water partition coefficient (Wildman–Crippen LogP) is 13.4. The van der Waals surface area contributed by atoms with Gasteiger partial charge in [0.05, 0.1) is 46.0 Å². The fourth-order valence-corrected chi connectivity index (χ4v) is 8.08. The van der Waals surface area contributed by atoms with Gasteiger partial charge in [-0.2, -0.15) is 5.26 Å². The maximum atomic E-state index is 10.3. The summed E-state index contributed by atoms with van der Waals surface area (Å²) in [6.45, 7) is 7.58. The molecule has 5 heteroatoms. The molecule has 0 aliphatic rings. The number of nitrogens with zero attached hydrogens (tertiary/aromatic N) is 5. The minimum Gasteiger partial charge on any atom is -0.310 e. The molecule has 256 valence electrons. The van der Waals surface area contributed by atoms with Gasteiger partial charge in [-0.15, -0.1) is 0 Å². The van der Waals surface area contributed by atoms with Crippen LogP contribution in [0.3, 0.4) is 0 Å². The van der Waals surface area contributed by atoms with Crippen LogP contribution < -0.4 is 4.90 Å². The molecule has 10 aromatic rings. The van der Waals surface area contributed by atoms with Crippen molar-refractivity contribution in [1.29, 1.82) is 5.26 Å². The standard InChI is InChI=1S/C50H31N5/c1-52-37-23-27-46(36(29-37)33-51)55-49-26-22-35(34-21-25-48-43(30-34)42-19-11-12-20-47(42)54(48)40-17-9-4-10-18-40)31-44(49)45-32-41(24-28-50(45)55)53(38-13-5-2-6-14-38)39-15-7-3-8-16-39/h2-32H. The van der Waals surface area contributed by atoms with E-state index in [1.54, 1.807) is 12.1 Å². The monoisotopic (exact) mass is 701 g/mol. The van der Waals surface area contributed by atoms with Crippen LogP contribution in [0.15, 0.2) is 188 Å². The zero-order chi connectivity index (χ0) is 36.9. The Bertz CT molecular complexity index is 3120. The van der Waals surface area contributed by atoms with Crippen molar-refractivity contribution >= 4 is 66.4 Å². The molecule has 2 heterocycles. The van der Waals surface area contributed by atoms with Crippen molar-refractivity contribution in [2.75, 3.05) is 4.90 Å². The molecule has 5 nitrogen and oxygen atoms in total. The van der Waals surface area contributed by atoms with Gasteiger partial charge in [0.1, 0.15) is 0 Å². The topological polar surface area (TPSA) is 41.2 Å². The Morgan fingerprint density at radius 1 is 0.455 bits per heavy atom. The Labute approximate surface area is 318 Å². The second-order valence-corrected chi connectivity index (χ2v) is 13.6. The first kappa shape index (κ1) is 31.8. The summed E-state index contributed by atoms with van der Waals surface area (Å²) in [7, 11) is 0. The molecule has 55 heavy (non-hydrogen) atoms. The Morgan fingerprint density at radius 3 is 1.62 bits per heavy atom. The van der Waals surface area contributed by atoms with Gasteiger partial charge in [-0.1, -0.05) is 91.0 Å². The smallest absolute Gasteiger partial charge is 0.188 e. The highest BCUT2D eigenvalue weighted by atomic mass is 15.1. The molecule has 2 aromatic heterocycles. The van der Waals surface area contributed by atoms with E-state index in [1.807, 2.05) is 18.2 Å². The summed E-state index contributed by atoms with van der Waals surface area (Å²) in [5.41, 5.74) is 12.4. The molecular formula is C50H31N5. The van der Waals surface area contributed by atoms with E-state index in [-0.39, 0.29) is 0 Å². The SMILES string of the molecule is [C-]#[N+]c1ccc(-n2c3ccc(-c4ccc5c(c4)c4ccccc4n5-c4ccccc4)cc3c3cc(N(c4ccccc4)c4ccccc4)ccc32)c(C#N)c1. The van der Waals surface area contributed by atoms with Crippen LogP contribution in [0, 0.1) is 17.9 Å². The van der Waals surface area contributed by atoms with E-state index in [0.717, 1.165) is 66.9 Å². The van der Waals surface area contributed by atoms with Crippen LogP contribution in [0.1, 0.15) is 5.56 Å². The van der Waals surface area contributed by atoms with Gasteiger partial charge in [0.15, 0.2) is 5.69 Å². The third kappa shape index (κ3) is 5.23. The van der Waals surface area contributed by atoms with Crippen molar-refractivity contribution in [3.05, 3.63) is 205 Å². The summed E-state index contributed by atoms with van der Waals surface area (Å²) in [5.74, 6) is 0. The van der Waals surface area contributed by atoms with Gasteiger partial charge in [0.25, 0.3) is 0 Å². The number of benzene rings is 8. The van der Waals surface area contributed by atoms with E-state index in [9.17, 15) is 5.26 Å². The third-order valence-corrected chi connectivity index (χ3v) is 10.5. The molecule has 0 aliphatic carbocycles. The van der Waals surface area contributed by atoms with Crippen LogP contribution in [0.4, 0.5) is 22.7 Å². The van der Waals surface area contributed by atoms with E-state index in [0.29, 0.717) is 11.3 Å². The van der Waals surface area contributed by atoms with E-state index >= 15 is 0 Å². The van der Waals surface area contributed by atoms with Crippen LogP contribution in [0.5, 0.6) is 0 Å². The zero-order valence-corrected chi connectivity index (χ0v) is 29.6. The number of fused-ring (bicyclic) bond motifs is 6. The van der Waals surface area contributed by atoms with Crippen molar-refractivity contribution in [2.24, 2.45) is 0 Å². The molecule has 0 amide bonds. The lowest BCUT2D eigenvalue weighted by Gasteiger charge is -2.25. The van der Waals surface area contributed by atoms with Crippen molar-refractivity contribution in [1.82, 2.24) is 9.13 Å². The lowest BCUT2D eigenvalue weighted by atomic mass is 10.0. The third-order valence-electron chi connectivity index (χ3n) is 10.5. The van der Waals surface area contributed by atoms with Gasteiger partial charge in [-0.05, 0) is 108 Å². The van der Waals surface area contributed by atoms with Crippen LogP contribution >= 0.6 is 0 Å². The molecule has 10 rings (SSSR count). The fourth-order valence-electron chi connectivity index (χ4n) is 8.08. The quantitative estimate of drug-likeness (QED) is 0.162. The first-order chi connectivity index (χ1) is 27.2. The Hall–Kier alpha value is -7.86. The zero-order valence-electron chi connectivity index (χ0n) is 29.6. The van der Waals surface area contributed by atoms with Gasteiger partial charge >= 0.3 is 0 Å². The van der Waals surface area contributed by atoms with E-state index in [1.165, 1.54) is 16.3 Å². The Morgan fingerprint density at radius 2 is 0.982 bits per heavy atom. The molecule has 0 bridgehead atoms. The number of nitriles is 1. The first-order valence-corrected chi connectivity index (χ1v) is 18.2. The molecule has 0 radical (unpaired) electrons. The highest BCUT2D eigenvalue weighted by Crippen LogP contribution is 2.42. The van der Waals surface area contributed by atoms with Gasteiger partial charge in [-0.25, -0.2) is 4.85 Å². The lowest BCUT2D eigenvalue weighted by molar-refractivity contribution is 1.17. The van der Waals surface area contributed by atoms with Crippen molar-refractivity contribution in [2.45, 2.75) is 0 Å². The van der Waals surface area contributed by atoms with Crippen LogP contribution in [-0.2, 0) is 0 Å². The molecule has 8 aromatic carbocycles. The normalized spacial score (nSPS) is 11.2. The maximum Gasteiger partial charge on any atom is 0.188 e. The Balaban J connectivity index is 1.22. The highest BCUT2D eigenvalue weighted by molar-refractivity contribution is 6.13. The summed E-state index contributed by atoms with van der Waals surface area (Å²) in [5, 5.41) is 14.8. The van der Waals surface area contributed by atoms with Crippen molar-refractivity contribution < 1.29 is 0 Å². The fraction of sp³-hybridized carbons (Fsp3) is 0. The molecule has 0 atom stereocenters. The molecule has 0 saturated heterocycles. The largest absolute Gasteiger partial charge is 0.310 e. The summed E-state index contributed by atoms with van der Waals surface area (Å²) >= 11 is 0. The second kappa shape index (κ2) is 13.0. The van der Waals surface area contributed by atoms with E-state index < -0.39 is 0 Å². The number of rotatable bonds is 6. The van der Waals surface area contributed by atoms with Gasteiger partial charge in [0.2, 0.25) is 0 Å². The van der Waals surface area contributed by atoms with Crippen LogP contribution in [0.2, 0.25) is 0 Å². The van der Waals surface area contributed by atoms with E-state index in [2.05, 4.69) is 183 Å². The molecule has 0 unspecified atom stereocenters. The van der Waals surface area contributed by atoms with E-state index in [4.69, 9.17) is 6.57 Å². The van der Waals surface area contributed by atoms with Gasteiger partial charge < -0.3 is 14.0 Å². The minimum absolute atomic E-state index is 0.441. The number of hydrogen-bond donors (Lipinski definition) is 0. The van der Waals surface area contributed by atoms with Gasteiger partial charge in [-0.3, -0.25) is 0 Å². The second-order valence-electron chi connectivity index (χ2n) is 13.6. The molecule has 0 spiro atoms. The lowest BCUT2D eigenvalue weighted by Crippen LogP contribution is -2.09. The number of anilines is 3. The molecule has 0 saturated carbocycles. The Kier molecular flexibility index (Phi) is 7.51. The number of aromatic nitrogens is 2. The molecular weight excluding hydrogens is 671 g/mol. The minimum atomic E-state index is 0.441. The first-order valence-electron chi connectivity index (χ1n) is 18.2. The highest BCUT2D eigenvalue weighted by Gasteiger charge is 2.20. The van der Waals surface area contributed by atoms with Crippen LogP contribution in [-0.4, -0.2) is 9.13 Å². The molecule has 0 aliphatic heterocycles.